The van der Waals surface area contributed by atoms with Crippen LogP contribution in [-0.4, -0.2) is 73.2 Å². The molecule has 11 nitrogen and oxygen atoms in total. The highest BCUT2D eigenvalue weighted by molar-refractivity contribution is 7.91. The summed E-state index contributed by atoms with van der Waals surface area (Å²) >= 11 is 0. The fraction of sp³-hybridized carbons (Fsp3) is 0.778. The normalized spacial score (nSPS) is 30.2. The van der Waals surface area contributed by atoms with Crippen molar-refractivity contribution in [3.05, 3.63) is 12.2 Å². The lowest BCUT2D eigenvalue weighted by molar-refractivity contribution is -0.141. The predicted octanol–water partition coefficient (Wildman–Crippen LogP) is 2.12. The minimum absolute atomic E-state index is 0.197. The van der Waals surface area contributed by atoms with Crippen LogP contribution in [0, 0.1) is 11.3 Å². The van der Waals surface area contributed by atoms with Crippen LogP contribution in [-0.2, 0) is 29.1 Å². The van der Waals surface area contributed by atoms with Gasteiger partial charge in [-0.05, 0) is 56.8 Å². The van der Waals surface area contributed by atoms with Crippen LogP contribution >= 0.6 is 0 Å². The van der Waals surface area contributed by atoms with Gasteiger partial charge in [-0.1, -0.05) is 45.8 Å². The molecule has 2 aliphatic carbocycles. The van der Waals surface area contributed by atoms with Gasteiger partial charge in [0, 0.05) is 12.5 Å². The number of sulfonamides is 1. The zero-order valence-corrected chi connectivity index (χ0v) is 24.0. The molecule has 1 saturated heterocycles. The Morgan fingerprint density at radius 1 is 1.10 bits per heavy atom. The van der Waals surface area contributed by atoms with Crippen LogP contribution in [0.4, 0.5) is 4.79 Å². The molecule has 4 atom stereocenters. The van der Waals surface area contributed by atoms with Crippen LogP contribution in [0.2, 0.25) is 0 Å². The van der Waals surface area contributed by atoms with Gasteiger partial charge in [-0.2, -0.15) is 0 Å². The standard InChI is InChI=1S/C27H42N4O7S/c1-26(2,3)17-38-25(35)28-20-11-8-6-4-5-7-10-18-16-27(18,24(34)30-39(36,37)19-13-14-19)29-22(32)21-12-9-15-31(21)23(20)33/h7,10,18-21H,4-6,8-9,11-17H2,1-3H3,(H,28,35)(H,29,32)(H,30,34). The molecule has 4 aliphatic rings. The van der Waals surface area contributed by atoms with Crippen LogP contribution < -0.4 is 15.4 Å². The molecule has 0 spiro atoms. The van der Waals surface area contributed by atoms with E-state index in [1.807, 2.05) is 32.9 Å². The number of amides is 4. The number of allylic oxidation sites excluding steroid dienone is 1. The smallest absolute Gasteiger partial charge is 0.407 e. The second-order valence-corrected chi connectivity index (χ2v) is 14.5. The monoisotopic (exact) mass is 566 g/mol. The van der Waals surface area contributed by atoms with Gasteiger partial charge in [0.15, 0.2) is 0 Å². The third kappa shape index (κ3) is 7.32. The number of hydrogen-bond donors (Lipinski definition) is 3. The van der Waals surface area contributed by atoms with Gasteiger partial charge in [-0.3, -0.25) is 19.1 Å². The van der Waals surface area contributed by atoms with E-state index >= 15 is 0 Å². The first kappa shape index (κ1) is 29.4. The van der Waals surface area contributed by atoms with E-state index in [-0.39, 0.29) is 23.8 Å². The Labute approximate surface area is 230 Å². The van der Waals surface area contributed by atoms with E-state index in [1.165, 1.54) is 4.90 Å². The fourth-order valence-electron chi connectivity index (χ4n) is 5.24. The van der Waals surface area contributed by atoms with Crippen molar-refractivity contribution >= 4 is 33.8 Å². The number of ether oxygens (including phenoxy) is 1. The molecule has 4 amide bonds. The fourth-order valence-corrected chi connectivity index (χ4v) is 6.61. The summed E-state index contributed by atoms with van der Waals surface area (Å²) in [6.45, 7) is 6.37. The van der Waals surface area contributed by atoms with Crippen LogP contribution in [0.5, 0.6) is 0 Å². The Balaban J connectivity index is 1.51. The van der Waals surface area contributed by atoms with E-state index in [9.17, 15) is 27.6 Å². The van der Waals surface area contributed by atoms with Crippen LogP contribution in [0.1, 0.15) is 85.0 Å². The molecule has 0 aromatic rings. The first-order chi connectivity index (χ1) is 18.3. The van der Waals surface area contributed by atoms with Gasteiger partial charge < -0.3 is 20.3 Å². The summed E-state index contributed by atoms with van der Waals surface area (Å²) in [6.07, 6.45) is 9.10. The first-order valence-electron chi connectivity index (χ1n) is 14.1. The van der Waals surface area contributed by atoms with Gasteiger partial charge in [0.2, 0.25) is 21.8 Å². The van der Waals surface area contributed by atoms with Gasteiger partial charge >= 0.3 is 6.09 Å². The molecule has 3 N–H and O–H groups in total. The van der Waals surface area contributed by atoms with E-state index in [0.29, 0.717) is 51.5 Å². The number of alkyl carbamates (subject to hydrolysis) is 1. The molecule has 0 bridgehead atoms. The van der Waals surface area contributed by atoms with Crippen molar-refractivity contribution in [2.24, 2.45) is 11.3 Å². The predicted molar refractivity (Wildman–Crippen MR) is 144 cm³/mol. The highest BCUT2D eigenvalue weighted by Crippen LogP contribution is 2.46. The van der Waals surface area contributed by atoms with Crippen molar-refractivity contribution in [2.45, 2.75) is 108 Å². The number of nitrogens with zero attached hydrogens (tertiary/aromatic N) is 1. The van der Waals surface area contributed by atoms with E-state index in [2.05, 4.69) is 15.4 Å². The highest BCUT2D eigenvalue weighted by Gasteiger charge is 2.61. The number of carbonyl (C=O) groups is 4. The summed E-state index contributed by atoms with van der Waals surface area (Å²) in [5.41, 5.74) is -1.59. The van der Waals surface area contributed by atoms with Crippen molar-refractivity contribution < 1.29 is 32.3 Å². The van der Waals surface area contributed by atoms with Crippen LogP contribution in [0.3, 0.4) is 0 Å². The van der Waals surface area contributed by atoms with Gasteiger partial charge in [0.05, 0.1) is 11.9 Å². The lowest BCUT2D eigenvalue weighted by Crippen LogP contribution is -2.58. The minimum atomic E-state index is -3.78. The number of carbonyl (C=O) groups excluding carboxylic acids is 4. The molecule has 4 rings (SSSR count). The van der Waals surface area contributed by atoms with Crippen LogP contribution in [0.15, 0.2) is 12.2 Å². The lowest BCUT2D eigenvalue weighted by atomic mass is 9.99. The third-order valence-electron chi connectivity index (χ3n) is 7.76. The zero-order chi connectivity index (χ0) is 28.4. The average molecular weight is 567 g/mol. The summed E-state index contributed by atoms with van der Waals surface area (Å²) in [5, 5.41) is 4.98. The molecule has 2 aliphatic heterocycles. The summed E-state index contributed by atoms with van der Waals surface area (Å²) in [7, 11) is -3.78. The summed E-state index contributed by atoms with van der Waals surface area (Å²) < 4.78 is 32.5. The molecular formula is C27H42N4O7S. The minimum Gasteiger partial charge on any atom is -0.449 e. The molecule has 2 heterocycles. The van der Waals surface area contributed by atoms with Crippen molar-refractivity contribution in [1.82, 2.24) is 20.3 Å². The Kier molecular flexibility index (Phi) is 8.63. The van der Waals surface area contributed by atoms with Crippen molar-refractivity contribution in [3.8, 4) is 0 Å². The molecule has 218 valence electrons. The summed E-state index contributed by atoms with van der Waals surface area (Å²) in [4.78, 5) is 54.4. The second-order valence-electron chi connectivity index (χ2n) is 12.5. The Bertz CT molecular complexity index is 1110. The molecule has 3 fully saturated rings. The summed E-state index contributed by atoms with van der Waals surface area (Å²) in [5.74, 6) is -1.88. The first-order valence-corrected chi connectivity index (χ1v) is 15.7. The largest absolute Gasteiger partial charge is 0.449 e. The molecular weight excluding hydrogens is 524 g/mol. The van der Waals surface area contributed by atoms with Crippen molar-refractivity contribution in [2.75, 3.05) is 13.2 Å². The number of nitrogens with one attached hydrogen (secondary N) is 3. The highest BCUT2D eigenvalue weighted by atomic mass is 32.2. The molecule has 39 heavy (non-hydrogen) atoms. The Hall–Kier alpha value is -2.63. The zero-order valence-electron chi connectivity index (χ0n) is 23.2. The summed E-state index contributed by atoms with van der Waals surface area (Å²) in [6, 6.07) is -1.64. The average Bonchev–Trinajstić information content (AvgIpc) is 3.77. The molecule has 0 radical (unpaired) electrons. The molecule has 0 aromatic heterocycles. The lowest BCUT2D eigenvalue weighted by Gasteiger charge is -2.30. The third-order valence-corrected chi connectivity index (χ3v) is 9.58. The maximum atomic E-state index is 13.6. The Morgan fingerprint density at radius 3 is 2.54 bits per heavy atom. The molecule has 0 aromatic carbocycles. The number of hydrogen-bond acceptors (Lipinski definition) is 7. The van der Waals surface area contributed by atoms with Gasteiger partial charge in [-0.25, -0.2) is 13.2 Å². The number of fused-ring (bicyclic) bond motifs is 2. The maximum Gasteiger partial charge on any atom is 0.407 e. The molecule has 4 unspecified atom stereocenters. The van der Waals surface area contributed by atoms with E-state index < -0.39 is 50.8 Å². The Morgan fingerprint density at radius 2 is 1.85 bits per heavy atom. The van der Waals surface area contributed by atoms with Crippen molar-refractivity contribution in [3.63, 3.8) is 0 Å². The topological polar surface area (TPSA) is 151 Å². The van der Waals surface area contributed by atoms with E-state index in [4.69, 9.17) is 4.74 Å². The van der Waals surface area contributed by atoms with Gasteiger partial charge in [0.25, 0.3) is 5.91 Å². The van der Waals surface area contributed by atoms with E-state index in [0.717, 1.165) is 19.3 Å². The number of rotatable bonds is 5. The molecule has 2 saturated carbocycles. The van der Waals surface area contributed by atoms with E-state index in [1.54, 1.807) is 0 Å². The van der Waals surface area contributed by atoms with Gasteiger partial charge in [-0.15, -0.1) is 0 Å². The molecule has 12 heteroatoms. The van der Waals surface area contributed by atoms with Gasteiger partial charge in [0.1, 0.15) is 17.6 Å². The SMILES string of the molecule is CC(C)(C)COC(=O)NC1CCCCCC=CC2CC2(C(=O)NS(=O)(=O)C2CC2)NC(=O)C2CCCN2C1=O. The van der Waals surface area contributed by atoms with Crippen LogP contribution in [0.25, 0.3) is 0 Å². The van der Waals surface area contributed by atoms with Crippen molar-refractivity contribution in [1.29, 1.82) is 0 Å². The second kappa shape index (κ2) is 11.5. The maximum absolute atomic E-state index is 13.6. The quantitative estimate of drug-likeness (QED) is 0.431.